The standard InChI is InChI=1S/C8H10FN3.ClH/c9-6-4-11-8(12-5-6)7-2-1-3-10-7;/h4-5,7,10H,1-3H2;1H. The van der Waals surface area contributed by atoms with Gasteiger partial charge in [0.1, 0.15) is 5.82 Å². The van der Waals surface area contributed by atoms with Gasteiger partial charge in [-0.1, -0.05) is 0 Å². The fraction of sp³-hybridized carbons (Fsp3) is 0.500. The van der Waals surface area contributed by atoms with E-state index in [1.165, 1.54) is 12.4 Å². The third kappa shape index (κ3) is 2.35. The van der Waals surface area contributed by atoms with Gasteiger partial charge in [-0.25, -0.2) is 14.4 Å². The number of nitrogens with one attached hydrogen (secondary N) is 1. The third-order valence-electron chi connectivity index (χ3n) is 2.01. The highest BCUT2D eigenvalue weighted by molar-refractivity contribution is 5.85. The quantitative estimate of drug-likeness (QED) is 0.751. The average molecular weight is 204 g/mol. The van der Waals surface area contributed by atoms with Crippen molar-refractivity contribution in [1.29, 1.82) is 0 Å². The van der Waals surface area contributed by atoms with Gasteiger partial charge < -0.3 is 5.32 Å². The highest BCUT2D eigenvalue weighted by Gasteiger charge is 2.18. The zero-order valence-electron chi connectivity index (χ0n) is 7.03. The molecule has 3 nitrogen and oxygen atoms in total. The monoisotopic (exact) mass is 203 g/mol. The molecule has 1 aromatic rings. The second-order valence-electron chi connectivity index (χ2n) is 2.91. The topological polar surface area (TPSA) is 37.8 Å². The van der Waals surface area contributed by atoms with E-state index < -0.39 is 0 Å². The molecule has 0 bridgehead atoms. The first-order valence-electron chi connectivity index (χ1n) is 4.07. The number of hydrogen-bond acceptors (Lipinski definition) is 3. The van der Waals surface area contributed by atoms with Crippen LogP contribution in [0.2, 0.25) is 0 Å². The van der Waals surface area contributed by atoms with Crippen molar-refractivity contribution in [1.82, 2.24) is 15.3 Å². The second-order valence-corrected chi connectivity index (χ2v) is 2.91. The van der Waals surface area contributed by atoms with Crippen molar-refractivity contribution >= 4 is 12.4 Å². The van der Waals surface area contributed by atoms with Crippen LogP contribution < -0.4 is 5.32 Å². The van der Waals surface area contributed by atoms with Gasteiger partial charge in [0.15, 0.2) is 5.82 Å². The molecule has 0 aromatic carbocycles. The summed E-state index contributed by atoms with van der Waals surface area (Å²) < 4.78 is 12.4. The summed E-state index contributed by atoms with van der Waals surface area (Å²) in [6, 6.07) is 0.227. The van der Waals surface area contributed by atoms with Crippen LogP contribution in [0.15, 0.2) is 12.4 Å². The number of nitrogens with zero attached hydrogens (tertiary/aromatic N) is 2. The van der Waals surface area contributed by atoms with Gasteiger partial charge in [-0.2, -0.15) is 0 Å². The van der Waals surface area contributed by atoms with Gasteiger partial charge in [0, 0.05) is 0 Å². The first-order valence-corrected chi connectivity index (χ1v) is 4.07. The first-order chi connectivity index (χ1) is 5.86. The van der Waals surface area contributed by atoms with E-state index in [0.717, 1.165) is 19.4 Å². The van der Waals surface area contributed by atoms with Crippen molar-refractivity contribution in [3.63, 3.8) is 0 Å². The fourth-order valence-corrected chi connectivity index (χ4v) is 1.41. The predicted octanol–water partition coefficient (Wildman–Crippen LogP) is 1.46. The highest BCUT2D eigenvalue weighted by atomic mass is 35.5. The molecule has 0 amide bonds. The van der Waals surface area contributed by atoms with Crippen LogP contribution in [0.5, 0.6) is 0 Å². The van der Waals surface area contributed by atoms with Crippen LogP contribution in [0.1, 0.15) is 24.7 Å². The van der Waals surface area contributed by atoms with Crippen molar-refractivity contribution in [2.24, 2.45) is 0 Å². The third-order valence-corrected chi connectivity index (χ3v) is 2.01. The van der Waals surface area contributed by atoms with Crippen LogP contribution in [-0.4, -0.2) is 16.5 Å². The molecule has 5 heteroatoms. The molecule has 1 fully saturated rings. The Kier molecular flexibility index (Phi) is 3.57. The minimum atomic E-state index is -0.378. The summed E-state index contributed by atoms with van der Waals surface area (Å²) >= 11 is 0. The summed E-state index contributed by atoms with van der Waals surface area (Å²) in [6.07, 6.45) is 4.61. The molecule has 1 unspecified atom stereocenters. The number of aromatic nitrogens is 2. The number of halogens is 2. The maximum atomic E-state index is 12.4. The molecule has 1 aliphatic heterocycles. The Morgan fingerprint density at radius 2 is 2.08 bits per heavy atom. The zero-order chi connectivity index (χ0) is 8.39. The number of hydrogen-bond donors (Lipinski definition) is 1. The van der Waals surface area contributed by atoms with Gasteiger partial charge in [0.25, 0.3) is 0 Å². The molecule has 1 aromatic heterocycles. The normalized spacial score (nSPS) is 21.2. The van der Waals surface area contributed by atoms with E-state index in [1.54, 1.807) is 0 Å². The zero-order valence-corrected chi connectivity index (χ0v) is 7.85. The minimum absolute atomic E-state index is 0. The average Bonchev–Trinajstić information content (AvgIpc) is 2.58. The molecule has 1 aliphatic rings. The smallest absolute Gasteiger partial charge is 0.159 e. The molecule has 1 N–H and O–H groups in total. The van der Waals surface area contributed by atoms with E-state index in [9.17, 15) is 4.39 Å². The lowest BCUT2D eigenvalue weighted by Crippen LogP contribution is -2.15. The Hall–Kier alpha value is -0.740. The van der Waals surface area contributed by atoms with Crippen LogP contribution in [-0.2, 0) is 0 Å². The molecule has 13 heavy (non-hydrogen) atoms. The molecule has 1 atom stereocenters. The fourth-order valence-electron chi connectivity index (χ4n) is 1.41. The van der Waals surface area contributed by atoms with Crippen molar-refractivity contribution in [3.05, 3.63) is 24.0 Å². The lowest BCUT2D eigenvalue weighted by atomic mass is 10.2. The maximum absolute atomic E-state index is 12.4. The Bertz CT molecular complexity index is 259. The highest BCUT2D eigenvalue weighted by Crippen LogP contribution is 2.18. The Morgan fingerprint density at radius 1 is 1.38 bits per heavy atom. The molecule has 72 valence electrons. The summed E-state index contributed by atoms with van der Waals surface area (Å²) in [5.74, 6) is 0.325. The van der Waals surface area contributed by atoms with Gasteiger partial charge >= 0.3 is 0 Å². The van der Waals surface area contributed by atoms with E-state index in [2.05, 4.69) is 15.3 Å². The molecule has 0 radical (unpaired) electrons. The molecule has 0 aliphatic carbocycles. The maximum Gasteiger partial charge on any atom is 0.159 e. The lowest BCUT2D eigenvalue weighted by molar-refractivity contribution is 0.573. The van der Waals surface area contributed by atoms with Crippen molar-refractivity contribution in [3.8, 4) is 0 Å². The van der Waals surface area contributed by atoms with Crippen LogP contribution in [0, 0.1) is 5.82 Å². The van der Waals surface area contributed by atoms with Gasteiger partial charge in [-0.3, -0.25) is 0 Å². The summed E-state index contributed by atoms with van der Waals surface area (Å²) in [4.78, 5) is 7.82. The van der Waals surface area contributed by atoms with Gasteiger partial charge in [-0.05, 0) is 19.4 Å². The van der Waals surface area contributed by atoms with Crippen LogP contribution >= 0.6 is 12.4 Å². The minimum Gasteiger partial charge on any atom is -0.307 e. The van der Waals surface area contributed by atoms with Gasteiger partial charge in [-0.15, -0.1) is 12.4 Å². The molecule has 0 spiro atoms. The number of rotatable bonds is 1. The molecule has 1 saturated heterocycles. The van der Waals surface area contributed by atoms with E-state index >= 15 is 0 Å². The SMILES string of the molecule is Cl.Fc1cnc(C2CCCN2)nc1. The Labute approximate surface area is 82.2 Å². The molecular weight excluding hydrogens is 193 g/mol. The largest absolute Gasteiger partial charge is 0.307 e. The molecular formula is C8H11ClFN3. The van der Waals surface area contributed by atoms with Crippen molar-refractivity contribution < 1.29 is 4.39 Å². The van der Waals surface area contributed by atoms with Crippen LogP contribution in [0.3, 0.4) is 0 Å². The molecule has 0 saturated carbocycles. The summed E-state index contributed by atoms with van der Waals surface area (Å²) in [5, 5.41) is 3.24. The Balaban J connectivity index is 0.000000845. The summed E-state index contributed by atoms with van der Waals surface area (Å²) in [6.45, 7) is 1.01. The van der Waals surface area contributed by atoms with E-state index in [1.807, 2.05) is 0 Å². The van der Waals surface area contributed by atoms with Crippen molar-refractivity contribution in [2.75, 3.05) is 6.54 Å². The lowest BCUT2D eigenvalue weighted by Gasteiger charge is -2.06. The van der Waals surface area contributed by atoms with Gasteiger partial charge in [0.2, 0.25) is 0 Å². The predicted molar refractivity (Wildman–Crippen MR) is 49.2 cm³/mol. The van der Waals surface area contributed by atoms with E-state index in [-0.39, 0.29) is 24.3 Å². The Morgan fingerprint density at radius 3 is 2.62 bits per heavy atom. The molecule has 2 rings (SSSR count). The summed E-state index contributed by atoms with van der Waals surface area (Å²) in [5.41, 5.74) is 0. The molecule has 2 heterocycles. The van der Waals surface area contributed by atoms with E-state index in [4.69, 9.17) is 0 Å². The first kappa shape index (κ1) is 10.3. The van der Waals surface area contributed by atoms with E-state index in [0.29, 0.717) is 5.82 Å². The van der Waals surface area contributed by atoms with Gasteiger partial charge in [0.05, 0.1) is 18.4 Å². The van der Waals surface area contributed by atoms with Crippen LogP contribution in [0.4, 0.5) is 4.39 Å². The summed E-state index contributed by atoms with van der Waals surface area (Å²) in [7, 11) is 0. The second kappa shape index (κ2) is 4.48. The van der Waals surface area contributed by atoms with Crippen LogP contribution in [0.25, 0.3) is 0 Å². The van der Waals surface area contributed by atoms with Crippen molar-refractivity contribution in [2.45, 2.75) is 18.9 Å².